The number of amides is 1. The van der Waals surface area contributed by atoms with Crippen molar-refractivity contribution in [2.24, 2.45) is 0 Å². The first-order valence-electron chi connectivity index (χ1n) is 9.90. The number of hydrogen-bond donors (Lipinski definition) is 1. The molecule has 0 saturated carbocycles. The number of carbonyl (C=O) groups excluding carboxylic acids is 1. The van der Waals surface area contributed by atoms with Crippen LogP contribution in [0.4, 0.5) is 5.69 Å². The molecule has 1 amide bonds. The summed E-state index contributed by atoms with van der Waals surface area (Å²) in [6.07, 6.45) is 4.71. The summed E-state index contributed by atoms with van der Waals surface area (Å²) in [5, 5.41) is 3.22. The number of pyridine rings is 1. The van der Waals surface area contributed by atoms with Crippen LogP contribution < -0.4 is 5.32 Å². The zero-order valence-electron chi connectivity index (χ0n) is 17.0. The monoisotopic (exact) mass is 433 g/mol. The van der Waals surface area contributed by atoms with E-state index in [4.69, 9.17) is 0 Å². The Balaban J connectivity index is 1.63. The molecule has 1 N–H and O–H groups in total. The minimum absolute atomic E-state index is 0.102. The lowest BCUT2D eigenvalue weighted by molar-refractivity contribution is -0.115. The fourth-order valence-electron chi connectivity index (χ4n) is 3.43. The van der Waals surface area contributed by atoms with Gasteiger partial charge < -0.3 is 5.32 Å². The van der Waals surface area contributed by atoms with Crippen LogP contribution in [-0.4, -0.2) is 42.0 Å². The lowest BCUT2D eigenvalue weighted by Gasteiger charge is -2.18. The van der Waals surface area contributed by atoms with Crippen LogP contribution in [0.15, 0.2) is 46.5 Å². The van der Waals surface area contributed by atoms with Crippen LogP contribution in [0, 0.1) is 0 Å². The number of carbonyl (C=O) groups is 1. The second-order valence-corrected chi connectivity index (χ2v) is 10.3. The van der Waals surface area contributed by atoms with Crippen LogP contribution in [0.2, 0.25) is 0 Å². The third-order valence-corrected chi connectivity index (χ3v) is 8.17. The lowest BCUT2D eigenvalue weighted by Crippen LogP contribution is -2.30. The summed E-state index contributed by atoms with van der Waals surface area (Å²) >= 11 is 1.30. The Labute approximate surface area is 177 Å². The van der Waals surface area contributed by atoms with Gasteiger partial charge in [0.05, 0.1) is 10.3 Å². The molecule has 1 aromatic heterocycles. The average Bonchev–Trinajstić information content (AvgIpc) is 3.17. The maximum absolute atomic E-state index is 12.5. The molecule has 3 rings (SSSR count). The molecule has 0 fully saturated rings. The summed E-state index contributed by atoms with van der Waals surface area (Å²) in [6.45, 7) is 6.25. The molecular formula is C21H27N3O3S2. The van der Waals surface area contributed by atoms with Crippen molar-refractivity contribution in [2.45, 2.75) is 55.2 Å². The van der Waals surface area contributed by atoms with Crippen molar-refractivity contribution in [1.29, 1.82) is 0 Å². The highest BCUT2D eigenvalue weighted by Crippen LogP contribution is 2.27. The van der Waals surface area contributed by atoms with Gasteiger partial charge in [-0.3, -0.25) is 4.79 Å². The van der Waals surface area contributed by atoms with Gasteiger partial charge in [-0.2, -0.15) is 4.31 Å². The molecule has 0 saturated heterocycles. The van der Waals surface area contributed by atoms with E-state index in [2.05, 4.69) is 22.4 Å². The molecule has 156 valence electrons. The van der Waals surface area contributed by atoms with Crippen molar-refractivity contribution in [2.75, 3.05) is 18.4 Å². The Bertz CT molecular complexity index is 971. The maximum Gasteiger partial charge on any atom is 0.244 e. The Morgan fingerprint density at radius 3 is 2.55 bits per heavy atom. The molecule has 1 atom stereocenters. The van der Waals surface area contributed by atoms with E-state index in [0.717, 1.165) is 18.5 Å². The second kappa shape index (κ2) is 9.28. The van der Waals surface area contributed by atoms with Crippen LogP contribution in [0.1, 0.15) is 38.3 Å². The fraction of sp³-hybridized carbons (Fsp3) is 0.429. The van der Waals surface area contributed by atoms with Gasteiger partial charge in [0.15, 0.2) is 0 Å². The van der Waals surface area contributed by atoms with Gasteiger partial charge in [-0.1, -0.05) is 31.7 Å². The molecule has 0 radical (unpaired) electrons. The minimum Gasteiger partial charge on any atom is -0.325 e. The van der Waals surface area contributed by atoms with Gasteiger partial charge in [0.2, 0.25) is 15.9 Å². The van der Waals surface area contributed by atoms with Gasteiger partial charge in [0.1, 0.15) is 4.90 Å². The molecule has 0 bridgehead atoms. The predicted molar refractivity (Wildman–Crippen MR) is 117 cm³/mol. The molecule has 1 aliphatic rings. The van der Waals surface area contributed by atoms with E-state index in [-0.39, 0.29) is 16.1 Å². The Morgan fingerprint density at radius 2 is 1.90 bits per heavy atom. The van der Waals surface area contributed by atoms with Gasteiger partial charge in [0, 0.05) is 25.0 Å². The number of anilines is 1. The third kappa shape index (κ3) is 4.99. The average molecular weight is 434 g/mol. The summed E-state index contributed by atoms with van der Waals surface area (Å²) in [7, 11) is -3.53. The highest BCUT2D eigenvalue weighted by molar-refractivity contribution is 8.00. The number of aryl methyl sites for hydroxylation is 2. The number of nitrogens with one attached hydrogen (secondary N) is 1. The summed E-state index contributed by atoms with van der Waals surface area (Å²) < 4.78 is 26.5. The van der Waals surface area contributed by atoms with Gasteiger partial charge in [-0.25, -0.2) is 13.4 Å². The van der Waals surface area contributed by atoms with E-state index in [1.165, 1.54) is 39.8 Å². The maximum atomic E-state index is 12.5. The number of thioether (sulfide) groups is 1. The van der Waals surface area contributed by atoms with E-state index >= 15 is 0 Å². The molecular weight excluding hydrogens is 406 g/mol. The number of rotatable bonds is 8. The van der Waals surface area contributed by atoms with Crippen LogP contribution >= 0.6 is 11.8 Å². The normalized spacial score (nSPS) is 14.6. The largest absolute Gasteiger partial charge is 0.325 e. The van der Waals surface area contributed by atoms with E-state index in [0.29, 0.717) is 18.1 Å². The topological polar surface area (TPSA) is 79.4 Å². The zero-order valence-corrected chi connectivity index (χ0v) is 18.6. The van der Waals surface area contributed by atoms with Crippen molar-refractivity contribution >= 4 is 33.4 Å². The molecule has 0 spiro atoms. The first-order valence-corrected chi connectivity index (χ1v) is 12.2. The molecule has 1 unspecified atom stereocenters. The van der Waals surface area contributed by atoms with Crippen molar-refractivity contribution in [3.63, 3.8) is 0 Å². The number of hydrogen-bond acceptors (Lipinski definition) is 5. The van der Waals surface area contributed by atoms with Crippen molar-refractivity contribution in [3.05, 3.63) is 47.7 Å². The lowest BCUT2D eigenvalue weighted by atomic mass is 10.1. The Hall–Kier alpha value is -1.90. The highest BCUT2D eigenvalue weighted by atomic mass is 32.2. The van der Waals surface area contributed by atoms with Gasteiger partial charge in [-0.15, -0.1) is 0 Å². The number of aromatic nitrogens is 1. The van der Waals surface area contributed by atoms with Crippen LogP contribution in [-0.2, 0) is 27.7 Å². The molecule has 29 heavy (non-hydrogen) atoms. The molecule has 6 nitrogen and oxygen atoms in total. The first kappa shape index (κ1) is 21.8. The van der Waals surface area contributed by atoms with Crippen LogP contribution in [0.25, 0.3) is 0 Å². The molecule has 1 heterocycles. The molecule has 2 aromatic rings. The van der Waals surface area contributed by atoms with E-state index in [1.807, 2.05) is 13.0 Å². The Kier molecular flexibility index (Phi) is 6.97. The Morgan fingerprint density at radius 1 is 1.17 bits per heavy atom. The second-order valence-electron chi connectivity index (χ2n) is 7.01. The van der Waals surface area contributed by atoms with Gasteiger partial charge in [0.25, 0.3) is 0 Å². The standard InChI is InChI=1S/C21H27N3O3S2/c1-4-24(5-2)29(26,27)19-11-12-20(22-14-19)28-15(3)21(25)23-18-10-9-16-7-6-8-17(16)13-18/h9-15H,4-8H2,1-3H3,(H,23,25). The summed E-state index contributed by atoms with van der Waals surface area (Å²) in [5.74, 6) is -0.102. The summed E-state index contributed by atoms with van der Waals surface area (Å²) in [6, 6.07) is 9.30. The van der Waals surface area contributed by atoms with Crippen molar-refractivity contribution in [3.8, 4) is 0 Å². The number of fused-ring (bicyclic) bond motifs is 1. The first-order chi connectivity index (χ1) is 13.8. The summed E-state index contributed by atoms with van der Waals surface area (Å²) in [5.41, 5.74) is 3.50. The third-order valence-electron chi connectivity index (χ3n) is 5.09. The molecule has 8 heteroatoms. The van der Waals surface area contributed by atoms with Gasteiger partial charge in [-0.05, 0) is 61.6 Å². The minimum atomic E-state index is -3.53. The number of benzene rings is 1. The quantitative estimate of drug-likeness (QED) is 0.642. The van der Waals surface area contributed by atoms with Crippen LogP contribution in [0.5, 0.6) is 0 Å². The van der Waals surface area contributed by atoms with Crippen LogP contribution in [0.3, 0.4) is 0 Å². The predicted octanol–water partition coefficient (Wildman–Crippen LogP) is 3.72. The van der Waals surface area contributed by atoms with Crippen molar-refractivity contribution in [1.82, 2.24) is 9.29 Å². The van der Waals surface area contributed by atoms with Gasteiger partial charge >= 0.3 is 0 Å². The zero-order chi connectivity index (χ0) is 21.0. The van der Waals surface area contributed by atoms with E-state index < -0.39 is 10.0 Å². The molecule has 0 aliphatic heterocycles. The number of sulfonamides is 1. The van der Waals surface area contributed by atoms with E-state index in [9.17, 15) is 13.2 Å². The highest BCUT2D eigenvalue weighted by Gasteiger charge is 2.22. The SMILES string of the molecule is CCN(CC)S(=O)(=O)c1ccc(SC(C)C(=O)Nc2ccc3c(c2)CCC3)nc1. The smallest absolute Gasteiger partial charge is 0.244 e. The molecule has 1 aromatic carbocycles. The van der Waals surface area contributed by atoms with E-state index in [1.54, 1.807) is 26.0 Å². The molecule has 1 aliphatic carbocycles. The summed E-state index contributed by atoms with van der Waals surface area (Å²) in [4.78, 5) is 17.0. The fourth-order valence-corrected chi connectivity index (χ4v) is 5.62. The number of nitrogens with zero attached hydrogens (tertiary/aromatic N) is 2. The van der Waals surface area contributed by atoms with Crippen molar-refractivity contribution < 1.29 is 13.2 Å².